The molecule has 3 unspecified atom stereocenters. The zero-order valence-corrected chi connectivity index (χ0v) is 14.7. The number of likely N-dealkylation sites (N-methyl/N-ethyl adjacent to an activating group) is 1. The number of ether oxygens (including phenoxy) is 1. The maximum absolute atomic E-state index is 12.9. The van der Waals surface area contributed by atoms with Crippen LogP contribution in [0.3, 0.4) is 0 Å². The van der Waals surface area contributed by atoms with Gasteiger partial charge in [0.25, 0.3) is 0 Å². The van der Waals surface area contributed by atoms with E-state index < -0.39 is 5.54 Å². The van der Waals surface area contributed by atoms with Crippen molar-refractivity contribution in [2.24, 2.45) is 0 Å². The van der Waals surface area contributed by atoms with Gasteiger partial charge < -0.3 is 20.1 Å². The van der Waals surface area contributed by atoms with Crippen LogP contribution in [0, 0.1) is 0 Å². The van der Waals surface area contributed by atoms with Crippen LogP contribution in [0.4, 0.5) is 4.79 Å². The summed E-state index contributed by atoms with van der Waals surface area (Å²) in [7, 11) is 3.71. The van der Waals surface area contributed by atoms with E-state index in [1.54, 1.807) is 12.0 Å². The van der Waals surface area contributed by atoms with Gasteiger partial charge in [0.1, 0.15) is 0 Å². The second kappa shape index (κ2) is 6.70. The number of aliphatic hydroxyl groups is 1. The Labute approximate surface area is 143 Å². The van der Waals surface area contributed by atoms with Crippen molar-refractivity contribution in [1.82, 2.24) is 15.1 Å². The third-order valence-corrected chi connectivity index (χ3v) is 5.29. The van der Waals surface area contributed by atoms with Gasteiger partial charge in [-0.3, -0.25) is 4.90 Å². The average Bonchev–Trinajstić information content (AvgIpc) is 2.92. The van der Waals surface area contributed by atoms with Gasteiger partial charge >= 0.3 is 6.03 Å². The second-order valence-electron chi connectivity index (χ2n) is 7.23. The Kier molecular flexibility index (Phi) is 4.80. The van der Waals surface area contributed by atoms with Gasteiger partial charge in [-0.15, -0.1) is 0 Å². The molecule has 1 saturated heterocycles. The normalized spacial score (nSPS) is 30.2. The molecule has 0 spiro atoms. The number of likely N-dealkylation sites (tertiary alicyclic amines) is 1. The Bertz CT molecular complexity index is 609. The fourth-order valence-corrected chi connectivity index (χ4v) is 3.86. The average molecular weight is 333 g/mol. The van der Waals surface area contributed by atoms with Crippen LogP contribution in [0.25, 0.3) is 0 Å². The summed E-state index contributed by atoms with van der Waals surface area (Å²) in [6.45, 7) is 4.02. The number of carbonyl (C=O) groups is 1. The van der Waals surface area contributed by atoms with Crippen molar-refractivity contribution >= 4 is 6.03 Å². The lowest BCUT2D eigenvalue weighted by atomic mass is 9.95. The van der Waals surface area contributed by atoms with Gasteiger partial charge in [-0.05, 0) is 25.1 Å². The molecule has 2 amide bonds. The number of benzene rings is 1. The van der Waals surface area contributed by atoms with Crippen LogP contribution in [-0.4, -0.2) is 66.4 Å². The number of amides is 2. The van der Waals surface area contributed by atoms with Crippen LogP contribution in [0.5, 0.6) is 0 Å². The Morgan fingerprint density at radius 2 is 2.17 bits per heavy atom. The number of urea groups is 1. The summed E-state index contributed by atoms with van der Waals surface area (Å²) in [4.78, 5) is 16.8. The summed E-state index contributed by atoms with van der Waals surface area (Å²) in [5.41, 5.74) is 1.85. The standard InChI is InChI=1S/C18H27N3O3/c1-18(12-22)8-14(24-3)10-21(18)17(23)19-16-11-20(2)9-13-6-4-5-7-15(13)16/h4-7,14,16,22H,8-12H2,1-3H3,(H,19,23). The maximum atomic E-state index is 12.9. The molecular weight excluding hydrogens is 306 g/mol. The summed E-state index contributed by atoms with van der Waals surface area (Å²) in [5.74, 6) is 0. The molecule has 1 aromatic carbocycles. The summed E-state index contributed by atoms with van der Waals surface area (Å²) >= 11 is 0. The molecule has 3 rings (SSSR count). The number of nitrogens with one attached hydrogen (secondary N) is 1. The number of carbonyl (C=O) groups excluding carboxylic acids is 1. The highest BCUT2D eigenvalue weighted by atomic mass is 16.5. The van der Waals surface area contributed by atoms with E-state index >= 15 is 0 Å². The van der Waals surface area contributed by atoms with E-state index in [1.807, 2.05) is 19.1 Å². The molecule has 6 heteroatoms. The Balaban J connectivity index is 1.77. The van der Waals surface area contributed by atoms with Crippen LogP contribution in [0.15, 0.2) is 24.3 Å². The minimum Gasteiger partial charge on any atom is -0.394 e. The smallest absolute Gasteiger partial charge is 0.318 e. The first-order valence-corrected chi connectivity index (χ1v) is 8.45. The van der Waals surface area contributed by atoms with Crippen molar-refractivity contribution in [1.29, 1.82) is 0 Å². The van der Waals surface area contributed by atoms with Gasteiger partial charge in [0, 0.05) is 33.2 Å². The molecule has 0 bridgehead atoms. The van der Waals surface area contributed by atoms with E-state index in [0.29, 0.717) is 13.0 Å². The predicted octanol–water partition coefficient (Wildman–Crippen LogP) is 1.35. The molecule has 1 fully saturated rings. The van der Waals surface area contributed by atoms with Crippen LogP contribution >= 0.6 is 0 Å². The summed E-state index contributed by atoms with van der Waals surface area (Å²) in [6.07, 6.45) is 0.614. The van der Waals surface area contributed by atoms with Crippen molar-refractivity contribution in [3.63, 3.8) is 0 Å². The fourth-order valence-electron chi connectivity index (χ4n) is 3.86. The number of hydrogen-bond acceptors (Lipinski definition) is 4. The number of methoxy groups -OCH3 is 1. The van der Waals surface area contributed by atoms with Gasteiger partial charge in [0.05, 0.1) is 24.3 Å². The first-order valence-electron chi connectivity index (χ1n) is 8.45. The highest BCUT2D eigenvalue weighted by Gasteiger charge is 2.45. The van der Waals surface area contributed by atoms with Gasteiger partial charge in [-0.1, -0.05) is 24.3 Å². The summed E-state index contributed by atoms with van der Waals surface area (Å²) in [6, 6.07) is 8.05. The zero-order valence-electron chi connectivity index (χ0n) is 14.7. The third-order valence-electron chi connectivity index (χ3n) is 5.29. The first kappa shape index (κ1) is 17.2. The maximum Gasteiger partial charge on any atom is 0.318 e. The largest absolute Gasteiger partial charge is 0.394 e. The van der Waals surface area contributed by atoms with Gasteiger partial charge in [0.2, 0.25) is 0 Å². The van der Waals surface area contributed by atoms with Crippen molar-refractivity contribution in [2.45, 2.75) is 37.6 Å². The summed E-state index contributed by atoms with van der Waals surface area (Å²) in [5, 5.41) is 12.9. The van der Waals surface area contributed by atoms with Crippen LogP contribution < -0.4 is 5.32 Å². The minimum absolute atomic E-state index is 0.0331. The molecule has 3 atom stereocenters. The SMILES string of the molecule is COC1CN(C(=O)NC2CN(C)Cc3ccccc32)C(C)(CO)C1. The molecule has 1 aromatic rings. The van der Waals surface area contributed by atoms with E-state index in [9.17, 15) is 9.90 Å². The predicted molar refractivity (Wildman–Crippen MR) is 91.7 cm³/mol. The number of fused-ring (bicyclic) bond motifs is 1. The molecule has 0 radical (unpaired) electrons. The number of nitrogens with zero attached hydrogens (tertiary/aromatic N) is 2. The van der Waals surface area contributed by atoms with Crippen molar-refractivity contribution in [3.8, 4) is 0 Å². The van der Waals surface area contributed by atoms with E-state index in [2.05, 4.69) is 29.4 Å². The van der Waals surface area contributed by atoms with E-state index in [1.165, 1.54) is 11.1 Å². The molecule has 0 saturated carbocycles. The van der Waals surface area contributed by atoms with E-state index in [4.69, 9.17) is 4.74 Å². The molecule has 6 nitrogen and oxygen atoms in total. The van der Waals surface area contributed by atoms with Crippen LogP contribution in [0.2, 0.25) is 0 Å². The first-order chi connectivity index (χ1) is 11.5. The van der Waals surface area contributed by atoms with Gasteiger partial charge in [-0.25, -0.2) is 4.79 Å². The number of hydrogen-bond donors (Lipinski definition) is 2. The lowest BCUT2D eigenvalue weighted by Crippen LogP contribution is -2.53. The molecular formula is C18H27N3O3. The van der Waals surface area contributed by atoms with Gasteiger partial charge in [0.15, 0.2) is 0 Å². The highest BCUT2D eigenvalue weighted by Crippen LogP contribution is 2.31. The minimum atomic E-state index is -0.579. The lowest BCUT2D eigenvalue weighted by molar-refractivity contribution is 0.0928. The van der Waals surface area contributed by atoms with Crippen molar-refractivity contribution in [3.05, 3.63) is 35.4 Å². The number of aliphatic hydroxyl groups excluding tert-OH is 1. The zero-order chi connectivity index (χ0) is 17.3. The molecule has 132 valence electrons. The number of rotatable bonds is 3. The Hall–Kier alpha value is -1.63. The van der Waals surface area contributed by atoms with Crippen LogP contribution in [0.1, 0.15) is 30.5 Å². The second-order valence-corrected chi connectivity index (χ2v) is 7.23. The molecule has 0 aromatic heterocycles. The monoisotopic (exact) mass is 333 g/mol. The molecule has 24 heavy (non-hydrogen) atoms. The molecule has 0 aliphatic carbocycles. The van der Waals surface area contributed by atoms with Crippen molar-refractivity contribution < 1.29 is 14.6 Å². The molecule has 2 aliphatic heterocycles. The Morgan fingerprint density at radius 3 is 2.88 bits per heavy atom. The van der Waals surface area contributed by atoms with Crippen LogP contribution in [-0.2, 0) is 11.3 Å². The molecule has 2 aliphatic rings. The molecule has 2 heterocycles. The molecule has 2 N–H and O–H groups in total. The summed E-state index contributed by atoms with van der Waals surface area (Å²) < 4.78 is 5.41. The fraction of sp³-hybridized carbons (Fsp3) is 0.611. The quantitative estimate of drug-likeness (QED) is 0.876. The van der Waals surface area contributed by atoms with E-state index in [0.717, 1.165) is 13.1 Å². The lowest BCUT2D eigenvalue weighted by Gasteiger charge is -2.37. The van der Waals surface area contributed by atoms with E-state index in [-0.39, 0.29) is 24.8 Å². The topological polar surface area (TPSA) is 65.0 Å². The van der Waals surface area contributed by atoms with Gasteiger partial charge in [-0.2, -0.15) is 0 Å². The van der Waals surface area contributed by atoms with Crippen molar-refractivity contribution in [2.75, 3.05) is 33.9 Å². The third kappa shape index (κ3) is 3.14. The highest BCUT2D eigenvalue weighted by molar-refractivity contribution is 5.76. The Morgan fingerprint density at radius 1 is 1.42 bits per heavy atom.